The van der Waals surface area contributed by atoms with Crippen LogP contribution in [0.3, 0.4) is 0 Å². The van der Waals surface area contributed by atoms with Crippen LogP contribution in [0, 0.1) is 21.7 Å². The van der Waals surface area contributed by atoms with Crippen LogP contribution in [0.4, 0.5) is 20.3 Å². The smallest absolute Gasteiger partial charge is 0.301 e. The number of carbonyl (C=O) groups excluding carboxylic acids is 1. The van der Waals surface area contributed by atoms with Gasteiger partial charge in [0.25, 0.3) is 5.91 Å². The summed E-state index contributed by atoms with van der Waals surface area (Å²) in [6.07, 6.45) is 0. The SMILES string of the molecule is O=C(Nc1nc(Cl)ccc1[N+](=O)[O-])c1cccc(F)c1F. The maximum atomic E-state index is 13.5. The molecule has 0 saturated carbocycles. The van der Waals surface area contributed by atoms with Crippen molar-refractivity contribution >= 4 is 29.0 Å². The third kappa shape index (κ3) is 3.11. The molecule has 0 aliphatic heterocycles. The van der Waals surface area contributed by atoms with Crippen LogP contribution in [0.2, 0.25) is 5.15 Å². The number of halogens is 3. The summed E-state index contributed by atoms with van der Waals surface area (Å²) in [6, 6.07) is 5.20. The maximum Gasteiger partial charge on any atom is 0.311 e. The molecule has 0 atom stereocenters. The van der Waals surface area contributed by atoms with E-state index in [9.17, 15) is 23.7 Å². The number of benzene rings is 1. The molecule has 9 heteroatoms. The lowest BCUT2D eigenvalue weighted by Gasteiger charge is -2.06. The topological polar surface area (TPSA) is 85.1 Å². The summed E-state index contributed by atoms with van der Waals surface area (Å²) in [5.74, 6) is -4.11. The highest BCUT2D eigenvalue weighted by molar-refractivity contribution is 6.29. The summed E-state index contributed by atoms with van der Waals surface area (Å²) in [5, 5.41) is 12.7. The van der Waals surface area contributed by atoms with Crippen molar-refractivity contribution in [1.29, 1.82) is 0 Å². The lowest BCUT2D eigenvalue weighted by Crippen LogP contribution is -2.16. The Morgan fingerprint density at radius 3 is 2.67 bits per heavy atom. The van der Waals surface area contributed by atoms with Crippen LogP contribution in [0.1, 0.15) is 10.4 Å². The average molecular weight is 314 g/mol. The fraction of sp³-hybridized carbons (Fsp3) is 0. The number of carbonyl (C=O) groups is 1. The molecule has 0 spiro atoms. The average Bonchev–Trinajstić information content (AvgIpc) is 2.41. The fourth-order valence-corrected chi connectivity index (χ4v) is 1.67. The quantitative estimate of drug-likeness (QED) is 0.536. The number of amides is 1. The van der Waals surface area contributed by atoms with E-state index in [1.807, 2.05) is 5.32 Å². The Kier molecular flexibility index (Phi) is 4.08. The molecule has 1 aromatic carbocycles. The Bertz CT molecular complexity index is 740. The van der Waals surface area contributed by atoms with Crippen LogP contribution in [-0.4, -0.2) is 15.8 Å². The summed E-state index contributed by atoms with van der Waals surface area (Å²) >= 11 is 5.59. The largest absolute Gasteiger partial charge is 0.311 e. The summed E-state index contributed by atoms with van der Waals surface area (Å²) < 4.78 is 26.5. The monoisotopic (exact) mass is 313 g/mol. The van der Waals surface area contributed by atoms with Crippen LogP contribution in [0.25, 0.3) is 0 Å². The number of nitro groups is 1. The minimum atomic E-state index is -1.36. The highest BCUT2D eigenvalue weighted by Crippen LogP contribution is 2.24. The number of nitrogens with one attached hydrogen (secondary N) is 1. The van der Waals surface area contributed by atoms with Crippen molar-refractivity contribution in [3.8, 4) is 0 Å². The molecule has 0 unspecified atom stereocenters. The molecule has 108 valence electrons. The molecule has 1 aromatic heterocycles. The molecular formula is C12H6ClF2N3O3. The Morgan fingerprint density at radius 2 is 2.00 bits per heavy atom. The van der Waals surface area contributed by atoms with Crippen LogP contribution in [-0.2, 0) is 0 Å². The second-order valence-corrected chi connectivity index (χ2v) is 4.20. The van der Waals surface area contributed by atoms with Gasteiger partial charge in [0.2, 0.25) is 5.82 Å². The molecule has 2 rings (SSSR count). The van der Waals surface area contributed by atoms with Crippen LogP contribution >= 0.6 is 11.6 Å². The van der Waals surface area contributed by atoms with E-state index >= 15 is 0 Å². The second-order valence-electron chi connectivity index (χ2n) is 3.81. The van der Waals surface area contributed by atoms with Crippen LogP contribution in [0.15, 0.2) is 30.3 Å². The zero-order valence-corrected chi connectivity index (χ0v) is 10.9. The van der Waals surface area contributed by atoms with E-state index in [4.69, 9.17) is 11.6 Å². The Hall–Kier alpha value is -2.61. The maximum absolute atomic E-state index is 13.5. The zero-order valence-electron chi connectivity index (χ0n) is 10.1. The van der Waals surface area contributed by atoms with E-state index in [1.165, 1.54) is 0 Å². The number of hydrogen-bond acceptors (Lipinski definition) is 4. The van der Waals surface area contributed by atoms with Crippen LogP contribution < -0.4 is 5.32 Å². The predicted molar refractivity (Wildman–Crippen MR) is 70.2 cm³/mol. The van der Waals surface area contributed by atoms with Gasteiger partial charge in [-0.3, -0.25) is 14.9 Å². The Morgan fingerprint density at radius 1 is 1.29 bits per heavy atom. The summed E-state index contributed by atoms with van der Waals surface area (Å²) in [6.45, 7) is 0. The van der Waals surface area contributed by atoms with E-state index in [0.717, 1.165) is 30.3 Å². The summed E-state index contributed by atoms with van der Waals surface area (Å²) in [5.41, 5.74) is -1.13. The lowest BCUT2D eigenvalue weighted by atomic mass is 10.2. The summed E-state index contributed by atoms with van der Waals surface area (Å²) in [7, 11) is 0. The van der Waals surface area contributed by atoms with E-state index in [0.29, 0.717) is 0 Å². The molecule has 0 aliphatic rings. The van der Waals surface area contributed by atoms with Crippen molar-refractivity contribution in [3.63, 3.8) is 0 Å². The van der Waals surface area contributed by atoms with E-state index in [1.54, 1.807) is 0 Å². The van der Waals surface area contributed by atoms with Gasteiger partial charge in [-0.15, -0.1) is 0 Å². The van der Waals surface area contributed by atoms with Crippen molar-refractivity contribution in [2.45, 2.75) is 0 Å². The van der Waals surface area contributed by atoms with Crippen molar-refractivity contribution in [1.82, 2.24) is 4.98 Å². The third-order valence-electron chi connectivity index (χ3n) is 2.46. The van der Waals surface area contributed by atoms with Crippen molar-refractivity contribution in [3.05, 3.63) is 62.8 Å². The first-order valence-corrected chi connectivity index (χ1v) is 5.84. The molecule has 21 heavy (non-hydrogen) atoms. The van der Waals surface area contributed by atoms with Crippen LogP contribution in [0.5, 0.6) is 0 Å². The minimum Gasteiger partial charge on any atom is -0.301 e. The number of nitrogens with zero attached hydrogens (tertiary/aromatic N) is 2. The number of hydrogen-bond donors (Lipinski definition) is 1. The van der Waals surface area contributed by atoms with Gasteiger partial charge in [0.15, 0.2) is 11.6 Å². The van der Waals surface area contributed by atoms with Gasteiger partial charge in [-0.05, 0) is 18.2 Å². The molecule has 0 fully saturated rings. The third-order valence-corrected chi connectivity index (χ3v) is 2.68. The van der Waals surface area contributed by atoms with E-state index < -0.39 is 39.5 Å². The second kappa shape index (κ2) is 5.80. The van der Waals surface area contributed by atoms with Gasteiger partial charge in [0, 0.05) is 6.07 Å². The van der Waals surface area contributed by atoms with E-state index in [-0.39, 0.29) is 5.15 Å². The van der Waals surface area contributed by atoms with Crippen molar-refractivity contribution in [2.75, 3.05) is 5.32 Å². The van der Waals surface area contributed by atoms with E-state index in [2.05, 4.69) is 4.98 Å². The minimum absolute atomic E-state index is 0.101. The first kappa shape index (κ1) is 14.8. The van der Waals surface area contributed by atoms with Gasteiger partial charge < -0.3 is 5.32 Å². The predicted octanol–water partition coefficient (Wildman–Crippen LogP) is 3.17. The zero-order chi connectivity index (χ0) is 15.6. The first-order valence-electron chi connectivity index (χ1n) is 5.46. The van der Waals surface area contributed by atoms with Gasteiger partial charge in [-0.2, -0.15) is 0 Å². The van der Waals surface area contributed by atoms with Crippen molar-refractivity contribution in [2.24, 2.45) is 0 Å². The highest BCUT2D eigenvalue weighted by atomic mass is 35.5. The molecular weight excluding hydrogens is 308 g/mol. The van der Waals surface area contributed by atoms with Gasteiger partial charge in [0.1, 0.15) is 5.15 Å². The normalized spacial score (nSPS) is 10.2. The first-order chi connectivity index (χ1) is 9.90. The number of anilines is 1. The molecule has 2 aromatic rings. The molecule has 0 bridgehead atoms. The molecule has 1 N–H and O–H groups in total. The molecule has 0 aliphatic carbocycles. The van der Waals surface area contributed by atoms with Gasteiger partial charge in [0.05, 0.1) is 10.5 Å². The van der Waals surface area contributed by atoms with Crippen molar-refractivity contribution < 1.29 is 18.5 Å². The molecule has 1 heterocycles. The molecule has 0 saturated heterocycles. The Labute approximate surface area is 121 Å². The number of rotatable bonds is 3. The summed E-state index contributed by atoms with van der Waals surface area (Å²) in [4.78, 5) is 25.5. The van der Waals surface area contributed by atoms with Gasteiger partial charge >= 0.3 is 5.69 Å². The fourth-order valence-electron chi connectivity index (χ4n) is 1.52. The lowest BCUT2D eigenvalue weighted by molar-refractivity contribution is -0.384. The number of pyridine rings is 1. The Balaban J connectivity index is 2.38. The number of aromatic nitrogens is 1. The molecule has 0 radical (unpaired) electrons. The highest BCUT2D eigenvalue weighted by Gasteiger charge is 2.21. The van der Waals surface area contributed by atoms with Gasteiger partial charge in [-0.25, -0.2) is 13.8 Å². The molecule has 1 amide bonds. The van der Waals surface area contributed by atoms with Gasteiger partial charge in [-0.1, -0.05) is 17.7 Å². The standard InChI is InChI=1S/C12H6ClF2N3O3/c13-9-5-4-8(18(20)21)11(16-9)17-12(19)6-2-1-3-7(14)10(6)15/h1-5H,(H,16,17,19). The molecule has 6 nitrogen and oxygen atoms in total.